The number of halogens is 3. The van der Waals surface area contributed by atoms with E-state index in [0.717, 1.165) is 10.7 Å². The molecule has 0 fully saturated rings. The second kappa shape index (κ2) is 4.00. The van der Waals surface area contributed by atoms with Crippen molar-refractivity contribution in [3.63, 3.8) is 0 Å². The Hall–Kier alpha value is -1.77. The van der Waals surface area contributed by atoms with E-state index in [9.17, 15) is 18.0 Å². The van der Waals surface area contributed by atoms with Crippen molar-refractivity contribution in [3.05, 3.63) is 11.8 Å². The molecular weight excluding hydrogens is 229 g/mol. The van der Waals surface area contributed by atoms with E-state index in [1.54, 1.807) is 0 Å². The van der Waals surface area contributed by atoms with Crippen LogP contribution in [0.15, 0.2) is 6.07 Å². The Morgan fingerprint density at radius 2 is 2.25 bits per heavy atom. The van der Waals surface area contributed by atoms with Crippen LogP contribution in [0.25, 0.3) is 0 Å². The van der Waals surface area contributed by atoms with Crippen molar-refractivity contribution in [3.8, 4) is 0 Å². The minimum Gasteiger partial charge on any atom is -0.378 e. The van der Waals surface area contributed by atoms with Crippen LogP contribution in [0.4, 0.5) is 23.8 Å². The van der Waals surface area contributed by atoms with E-state index >= 15 is 0 Å². The van der Waals surface area contributed by atoms with Crippen LogP contribution in [-0.4, -0.2) is 27.1 Å². The van der Waals surface area contributed by atoms with Crippen LogP contribution in [0, 0.1) is 0 Å². The number of anilines is 1. The van der Waals surface area contributed by atoms with Gasteiger partial charge in [0.25, 0.3) is 0 Å². The molecule has 1 aromatic rings. The van der Waals surface area contributed by atoms with Crippen molar-refractivity contribution >= 4 is 11.8 Å². The molecule has 1 heterocycles. The molecule has 0 aliphatic rings. The minimum atomic E-state index is -4.81. The number of amides is 2. The number of rotatable bonds is 2. The summed E-state index contributed by atoms with van der Waals surface area (Å²) in [6, 6.07) is -0.0424. The van der Waals surface area contributed by atoms with Crippen LogP contribution in [0.2, 0.25) is 0 Å². The van der Waals surface area contributed by atoms with Gasteiger partial charge < -0.3 is 10.8 Å². The average Bonchev–Trinajstić information content (AvgIpc) is 2.44. The van der Waals surface area contributed by atoms with Gasteiger partial charge in [-0.15, -0.1) is 0 Å². The van der Waals surface area contributed by atoms with E-state index in [0.29, 0.717) is 0 Å². The maximum atomic E-state index is 12.1. The second-order valence-electron chi connectivity index (χ2n) is 3.01. The van der Waals surface area contributed by atoms with E-state index in [-0.39, 0.29) is 5.82 Å². The molecule has 0 radical (unpaired) electrons. The molecule has 1 aromatic heterocycles. The Balaban J connectivity index is 2.96. The summed E-state index contributed by atoms with van der Waals surface area (Å²) in [5, 5.41) is 14.4. The molecule has 90 valence electrons. The number of aryl methyl sites for hydroxylation is 1. The summed E-state index contributed by atoms with van der Waals surface area (Å²) in [6.07, 6.45) is -7.50. The first-order valence-electron chi connectivity index (χ1n) is 4.07. The van der Waals surface area contributed by atoms with Gasteiger partial charge in [-0.1, -0.05) is 0 Å². The number of aliphatic hydroxyl groups is 1. The first kappa shape index (κ1) is 12.3. The second-order valence-corrected chi connectivity index (χ2v) is 3.01. The molecule has 2 amide bonds. The molecule has 0 aliphatic heterocycles. The summed E-state index contributed by atoms with van der Waals surface area (Å²) in [6.45, 7) is 0. The van der Waals surface area contributed by atoms with Crippen molar-refractivity contribution in [1.29, 1.82) is 0 Å². The number of carbonyl (C=O) groups excluding carboxylic acids is 1. The van der Waals surface area contributed by atoms with E-state index in [4.69, 9.17) is 10.8 Å². The lowest BCUT2D eigenvalue weighted by molar-refractivity contribution is -0.208. The Bertz CT molecular complexity index is 401. The summed E-state index contributed by atoms with van der Waals surface area (Å²) in [7, 11) is 1.30. The van der Waals surface area contributed by atoms with Crippen LogP contribution in [0.1, 0.15) is 11.8 Å². The van der Waals surface area contributed by atoms with Gasteiger partial charge in [0.15, 0.2) is 6.10 Å². The topological polar surface area (TPSA) is 93.2 Å². The predicted octanol–water partition coefficient (Wildman–Crippen LogP) is 0.506. The highest BCUT2D eigenvalue weighted by atomic mass is 19.4. The highest BCUT2D eigenvalue weighted by Crippen LogP contribution is 2.32. The zero-order valence-corrected chi connectivity index (χ0v) is 8.12. The monoisotopic (exact) mass is 238 g/mol. The van der Waals surface area contributed by atoms with Gasteiger partial charge in [-0.25, -0.2) is 4.79 Å². The highest BCUT2D eigenvalue weighted by Gasteiger charge is 2.41. The number of nitrogens with zero attached hydrogens (tertiary/aromatic N) is 2. The molecule has 1 atom stereocenters. The lowest BCUT2D eigenvalue weighted by Gasteiger charge is -2.10. The third-order valence-corrected chi connectivity index (χ3v) is 1.74. The van der Waals surface area contributed by atoms with Gasteiger partial charge >= 0.3 is 12.2 Å². The Morgan fingerprint density at radius 3 is 2.69 bits per heavy atom. The zero-order chi connectivity index (χ0) is 12.5. The number of hydrogen-bond donors (Lipinski definition) is 3. The third kappa shape index (κ3) is 2.63. The third-order valence-electron chi connectivity index (χ3n) is 1.74. The fourth-order valence-corrected chi connectivity index (χ4v) is 1.03. The first-order valence-corrected chi connectivity index (χ1v) is 4.07. The largest absolute Gasteiger partial charge is 0.420 e. The molecule has 0 saturated heterocycles. The average molecular weight is 238 g/mol. The quantitative estimate of drug-likeness (QED) is 0.700. The Morgan fingerprint density at radius 1 is 1.69 bits per heavy atom. The predicted molar refractivity (Wildman–Crippen MR) is 47.4 cm³/mol. The van der Waals surface area contributed by atoms with E-state index in [1.165, 1.54) is 7.05 Å². The maximum absolute atomic E-state index is 12.1. The van der Waals surface area contributed by atoms with Gasteiger partial charge in [-0.2, -0.15) is 18.3 Å². The van der Waals surface area contributed by atoms with Gasteiger partial charge in [0, 0.05) is 13.1 Å². The summed E-state index contributed by atoms with van der Waals surface area (Å²) in [4.78, 5) is 10.5. The summed E-state index contributed by atoms with van der Waals surface area (Å²) < 4.78 is 37.3. The van der Waals surface area contributed by atoms with Gasteiger partial charge in [-0.05, 0) is 0 Å². The van der Waals surface area contributed by atoms with Crippen molar-refractivity contribution < 1.29 is 23.1 Å². The van der Waals surface area contributed by atoms with Gasteiger partial charge in [0.05, 0.1) is 0 Å². The Labute approximate surface area is 87.8 Å². The molecule has 6 nitrogen and oxygen atoms in total. The van der Waals surface area contributed by atoms with Crippen molar-refractivity contribution in [2.24, 2.45) is 12.8 Å². The fraction of sp³-hybridized carbons (Fsp3) is 0.429. The smallest absolute Gasteiger partial charge is 0.378 e. The zero-order valence-electron chi connectivity index (χ0n) is 8.12. The normalized spacial score (nSPS) is 13.6. The van der Waals surface area contributed by atoms with Crippen LogP contribution in [0.5, 0.6) is 0 Å². The standard InChI is InChI=1S/C7H9F3N4O2/c1-14-4(12-6(11)16)2-3(13-14)5(15)7(8,9)10/h2,5,15H,1H3,(H3,11,12,16). The SMILES string of the molecule is Cn1nc(C(O)C(F)(F)F)cc1NC(N)=O. The van der Waals surface area contributed by atoms with Crippen molar-refractivity contribution in [2.45, 2.75) is 12.3 Å². The van der Waals surface area contributed by atoms with Crippen molar-refractivity contribution in [2.75, 3.05) is 5.32 Å². The van der Waals surface area contributed by atoms with Crippen LogP contribution < -0.4 is 11.1 Å². The molecule has 4 N–H and O–H groups in total. The number of primary amides is 1. The molecule has 0 aliphatic carbocycles. The van der Waals surface area contributed by atoms with Gasteiger partial charge in [0.2, 0.25) is 0 Å². The molecule has 0 spiro atoms. The maximum Gasteiger partial charge on any atom is 0.420 e. The number of hydrogen-bond acceptors (Lipinski definition) is 3. The molecule has 1 unspecified atom stereocenters. The highest BCUT2D eigenvalue weighted by molar-refractivity contribution is 5.86. The van der Waals surface area contributed by atoms with Crippen LogP contribution in [-0.2, 0) is 7.05 Å². The van der Waals surface area contributed by atoms with Crippen LogP contribution >= 0.6 is 0 Å². The molecule has 16 heavy (non-hydrogen) atoms. The summed E-state index contributed by atoms with van der Waals surface area (Å²) in [5.41, 5.74) is 4.18. The summed E-state index contributed by atoms with van der Waals surface area (Å²) in [5.74, 6) is -0.0363. The number of alkyl halides is 3. The molecule has 0 saturated carbocycles. The molecule has 1 rings (SSSR count). The van der Waals surface area contributed by atoms with E-state index in [2.05, 4.69) is 10.4 Å². The van der Waals surface area contributed by atoms with Gasteiger partial charge in [0.1, 0.15) is 11.5 Å². The lowest BCUT2D eigenvalue weighted by atomic mass is 10.2. The minimum absolute atomic E-state index is 0.0363. The molecule has 0 aromatic carbocycles. The van der Waals surface area contributed by atoms with E-state index in [1.807, 2.05) is 0 Å². The van der Waals surface area contributed by atoms with E-state index < -0.39 is 24.0 Å². The van der Waals surface area contributed by atoms with Crippen molar-refractivity contribution in [1.82, 2.24) is 9.78 Å². The number of nitrogens with two attached hydrogens (primary N) is 1. The number of aliphatic hydroxyl groups excluding tert-OH is 1. The molecule has 9 heteroatoms. The van der Waals surface area contributed by atoms with Crippen LogP contribution in [0.3, 0.4) is 0 Å². The number of nitrogens with one attached hydrogen (secondary N) is 1. The summed E-state index contributed by atoms with van der Waals surface area (Å²) >= 11 is 0. The first-order chi connectivity index (χ1) is 7.21. The number of carbonyl (C=O) groups is 1. The molecule has 0 bridgehead atoms. The molecular formula is C7H9F3N4O2. The Kier molecular flexibility index (Phi) is 3.08. The number of urea groups is 1. The van der Waals surface area contributed by atoms with Gasteiger partial charge in [-0.3, -0.25) is 10.00 Å². The fourth-order valence-electron chi connectivity index (χ4n) is 1.03. The lowest BCUT2D eigenvalue weighted by Crippen LogP contribution is -2.20. The number of aromatic nitrogens is 2.